The molecule has 0 unspecified atom stereocenters. The van der Waals surface area contributed by atoms with E-state index in [2.05, 4.69) is 15.6 Å². The fourth-order valence-electron chi connectivity index (χ4n) is 1.80. The van der Waals surface area contributed by atoms with Gasteiger partial charge in [-0.25, -0.2) is 4.39 Å². The van der Waals surface area contributed by atoms with Gasteiger partial charge in [-0.1, -0.05) is 0 Å². The van der Waals surface area contributed by atoms with E-state index in [0.29, 0.717) is 17.8 Å². The van der Waals surface area contributed by atoms with E-state index in [9.17, 15) is 9.18 Å². The van der Waals surface area contributed by atoms with Crippen LogP contribution in [0.15, 0.2) is 36.7 Å². The van der Waals surface area contributed by atoms with Crippen molar-refractivity contribution < 1.29 is 9.18 Å². The van der Waals surface area contributed by atoms with E-state index in [0.717, 1.165) is 6.07 Å². The minimum absolute atomic E-state index is 0.0188. The topological polar surface area (TPSA) is 77.8 Å². The lowest BCUT2D eigenvalue weighted by Crippen LogP contribution is -2.16. The SMILES string of the molecule is CCNc1ccncc1C(=O)Nc1ccc(C#N)cc1F. The summed E-state index contributed by atoms with van der Waals surface area (Å²) in [6, 6.07) is 7.37. The predicted molar refractivity (Wildman–Crippen MR) is 77.5 cm³/mol. The second kappa shape index (κ2) is 6.48. The molecule has 1 aromatic heterocycles. The molecule has 1 aromatic carbocycles. The van der Waals surface area contributed by atoms with Crippen LogP contribution >= 0.6 is 0 Å². The molecule has 21 heavy (non-hydrogen) atoms. The Bertz CT molecular complexity index is 709. The molecule has 1 heterocycles. The molecule has 0 fully saturated rings. The van der Waals surface area contributed by atoms with Gasteiger partial charge in [-0.2, -0.15) is 5.26 Å². The van der Waals surface area contributed by atoms with Gasteiger partial charge < -0.3 is 10.6 Å². The van der Waals surface area contributed by atoms with Gasteiger partial charge in [0.25, 0.3) is 5.91 Å². The zero-order valence-electron chi connectivity index (χ0n) is 11.4. The molecule has 0 saturated carbocycles. The Morgan fingerprint density at radius 1 is 1.38 bits per heavy atom. The van der Waals surface area contributed by atoms with Crippen LogP contribution < -0.4 is 10.6 Å². The molecule has 0 atom stereocenters. The van der Waals surface area contributed by atoms with Crippen LogP contribution in [0.3, 0.4) is 0 Å². The van der Waals surface area contributed by atoms with Crippen LogP contribution in [-0.4, -0.2) is 17.4 Å². The van der Waals surface area contributed by atoms with Gasteiger partial charge in [0.05, 0.1) is 28.6 Å². The molecule has 0 aliphatic heterocycles. The first kappa shape index (κ1) is 14.5. The average molecular weight is 284 g/mol. The number of benzene rings is 1. The fourth-order valence-corrected chi connectivity index (χ4v) is 1.80. The molecule has 0 spiro atoms. The number of nitrogens with zero attached hydrogens (tertiary/aromatic N) is 2. The zero-order chi connectivity index (χ0) is 15.2. The maximum absolute atomic E-state index is 13.8. The quantitative estimate of drug-likeness (QED) is 0.905. The zero-order valence-corrected chi connectivity index (χ0v) is 11.4. The monoisotopic (exact) mass is 284 g/mol. The highest BCUT2D eigenvalue weighted by molar-refractivity contribution is 6.07. The van der Waals surface area contributed by atoms with Gasteiger partial charge in [-0.3, -0.25) is 9.78 Å². The average Bonchev–Trinajstić information content (AvgIpc) is 2.50. The summed E-state index contributed by atoms with van der Waals surface area (Å²) < 4.78 is 13.8. The number of hydrogen-bond acceptors (Lipinski definition) is 4. The largest absolute Gasteiger partial charge is 0.385 e. The summed E-state index contributed by atoms with van der Waals surface area (Å²) in [5.41, 5.74) is 1.16. The molecule has 0 radical (unpaired) electrons. The first-order chi connectivity index (χ1) is 10.2. The number of anilines is 2. The van der Waals surface area contributed by atoms with Crippen molar-refractivity contribution in [2.24, 2.45) is 0 Å². The van der Waals surface area contributed by atoms with Crippen LogP contribution in [0.25, 0.3) is 0 Å². The lowest BCUT2D eigenvalue weighted by Gasteiger charge is -2.11. The Balaban J connectivity index is 2.24. The minimum Gasteiger partial charge on any atom is -0.385 e. The van der Waals surface area contributed by atoms with Crippen LogP contribution in [-0.2, 0) is 0 Å². The van der Waals surface area contributed by atoms with Crippen molar-refractivity contribution in [1.29, 1.82) is 5.26 Å². The Morgan fingerprint density at radius 2 is 2.19 bits per heavy atom. The smallest absolute Gasteiger partial charge is 0.259 e. The van der Waals surface area contributed by atoms with Gasteiger partial charge in [0.1, 0.15) is 5.82 Å². The van der Waals surface area contributed by atoms with Gasteiger partial charge in [-0.05, 0) is 31.2 Å². The Kier molecular flexibility index (Phi) is 4.46. The number of nitriles is 1. The van der Waals surface area contributed by atoms with Crippen LogP contribution in [0, 0.1) is 17.1 Å². The third-order valence-corrected chi connectivity index (χ3v) is 2.78. The molecule has 0 aliphatic carbocycles. The first-order valence-electron chi connectivity index (χ1n) is 6.34. The molecule has 2 rings (SSSR count). The van der Waals surface area contributed by atoms with Gasteiger partial charge in [0, 0.05) is 18.9 Å². The van der Waals surface area contributed by atoms with E-state index in [1.807, 2.05) is 13.0 Å². The van der Waals surface area contributed by atoms with Crippen molar-refractivity contribution in [3.63, 3.8) is 0 Å². The second-order valence-electron chi connectivity index (χ2n) is 4.21. The predicted octanol–water partition coefficient (Wildman–Crippen LogP) is 2.78. The minimum atomic E-state index is -0.656. The van der Waals surface area contributed by atoms with Gasteiger partial charge in [-0.15, -0.1) is 0 Å². The summed E-state index contributed by atoms with van der Waals surface area (Å²) in [7, 11) is 0. The van der Waals surface area contributed by atoms with Crippen LogP contribution in [0.4, 0.5) is 15.8 Å². The number of carbonyl (C=O) groups is 1. The van der Waals surface area contributed by atoms with Crippen molar-refractivity contribution in [1.82, 2.24) is 4.98 Å². The highest BCUT2D eigenvalue weighted by atomic mass is 19.1. The molecule has 0 saturated heterocycles. The number of hydrogen-bond donors (Lipinski definition) is 2. The molecule has 6 heteroatoms. The molecule has 1 amide bonds. The molecular formula is C15H13FN4O. The van der Waals surface area contributed by atoms with E-state index in [1.165, 1.54) is 18.3 Å². The summed E-state index contributed by atoms with van der Waals surface area (Å²) in [5, 5.41) is 14.2. The second-order valence-corrected chi connectivity index (χ2v) is 4.21. The Morgan fingerprint density at radius 3 is 2.86 bits per heavy atom. The summed E-state index contributed by atoms with van der Waals surface area (Å²) in [4.78, 5) is 16.1. The number of halogens is 1. The van der Waals surface area contributed by atoms with E-state index < -0.39 is 11.7 Å². The lowest BCUT2D eigenvalue weighted by molar-refractivity contribution is 0.102. The maximum Gasteiger partial charge on any atom is 0.259 e. The van der Waals surface area contributed by atoms with Crippen molar-refractivity contribution in [3.05, 3.63) is 53.6 Å². The standard InChI is InChI=1S/C15H13FN4O/c1-2-19-13-5-6-18-9-11(13)15(21)20-14-4-3-10(8-17)7-12(14)16/h3-7,9H,2H2,1H3,(H,18,19)(H,20,21). The summed E-state index contributed by atoms with van der Waals surface area (Å²) in [6.07, 6.45) is 2.98. The van der Waals surface area contributed by atoms with E-state index in [1.54, 1.807) is 12.3 Å². The normalized spacial score (nSPS) is 9.76. The number of rotatable bonds is 4. The van der Waals surface area contributed by atoms with E-state index in [-0.39, 0.29) is 11.3 Å². The van der Waals surface area contributed by atoms with Crippen LogP contribution in [0.2, 0.25) is 0 Å². The third-order valence-electron chi connectivity index (χ3n) is 2.78. The summed E-state index contributed by atoms with van der Waals surface area (Å²) in [6.45, 7) is 2.55. The lowest BCUT2D eigenvalue weighted by atomic mass is 10.2. The van der Waals surface area contributed by atoms with Crippen molar-refractivity contribution in [2.75, 3.05) is 17.2 Å². The Hall–Kier alpha value is -2.94. The number of pyridine rings is 1. The number of carbonyl (C=O) groups excluding carboxylic acids is 1. The number of amides is 1. The van der Waals surface area contributed by atoms with Crippen LogP contribution in [0.1, 0.15) is 22.8 Å². The molecule has 0 bridgehead atoms. The molecule has 0 aliphatic rings. The van der Waals surface area contributed by atoms with Gasteiger partial charge in [0.15, 0.2) is 0 Å². The molecule has 2 aromatic rings. The van der Waals surface area contributed by atoms with Crippen molar-refractivity contribution in [3.8, 4) is 6.07 Å². The highest BCUT2D eigenvalue weighted by Gasteiger charge is 2.13. The molecule has 5 nitrogen and oxygen atoms in total. The molecular weight excluding hydrogens is 271 g/mol. The number of nitrogens with one attached hydrogen (secondary N) is 2. The van der Waals surface area contributed by atoms with E-state index in [4.69, 9.17) is 5.26 Å². The van der Waals surface area contributed by atoms with Crippen LogP contribution in [0.5, 0.6) is 0 Å². The van der Waals surface area contributed by atoms with Crippen molar-refractivity contribution in [2.45, 2.75) is 6.92 Å². The summed E-state index contributed by atoms with van der Waals surface area (Å²) in [5.74, 6) is -1.13. The molecule has 106 valence electrons. The van der Waals surface area contributed by atoms with Gasteiger partial charge >= 0.3 is 0 Å². The third kappa shape index (κ3) is 3.34. The first-order valence-corrected chi connectivity index (χ1v) is 6.34. The summed E-state index contributed by atoms with van der Waals surface area (Å²) >= 11 is 0. The van der Waals surface area contributed by atoms with Crippen molar-refractivity contribution >= 4 is 17.3 Å². The van der Waals surface area contributed by atoms with Gasteiger partial charge in [0.2, 0.25) is 0 Å². The Labute approximate surface area is 121 Å². The number of aromatic nitrogens is 1. The maximum atomic E-state index is 13.8. The highest BCUT2D eigenvalue weighted by Crippen LogP contribution is 2.19. The molecule has 2 N–H and O–H groups in total. The fraction of sp³-hybridized carbons (Fsp3) is 0.133. The van der Waals surface area contributed by atoms with E-state index >= 15 is 0 Å².